The van der Waals surface area contributed by atoms with E-state index in [2.05, 4.69) is 0 Å². The summed E-state index contributed by atoms with van der Waals surface area (Å²) in [6, 6.07) is -0.555. The van der Waals surface area contributed by atoms with E-state index in [-0.39, 0.29) is 52.6 Å². The molecule has 0 aromatic rings. The molecule has 2 aliphatic heterocycles. The molecule has 2 rings (SSSR count). The summed E-state index contributed by atoms with van der Waals surface area (Å²) in [5.74, 6) is -5.51. The zero-order valence-corrected chi connectivity index (χ0v) is 19.0. The van der Waals surface area contributed by atoms with E-state index in [4.69, 9.17) is 14.2 Å². The van der Waals surface area contributed by atoms with Crippen LogP contribution in [0.5, 0.6) is 0 Å². The lowest BCUT2D eigenvalue weighted by molar-refractivity contribution is -0.168. The highest BCUT2D eigenvalue weighted by Crippen LogP contribution is 2.45. The molecule has 2 heterocycles. The molecule has 0 radical (unpaired) electrons. The van der Waals surface area contributed by atoms with Crippen molar-refractivity contribution in [3.05, 3.63) is 0 Å². The maximum absolute atomic E-state index is 13.0. The van der Waals surface area contributed by atoms with Crippen molar-refractivity contribution in [2.45, 2.75) is 80.7 Å². The second-order valence-corrected chi connectivity index (χ2v) is 8.42. The second kappa shape index (κ2) is 13.2. The highest BCUT2D eigenvalue weighted by atomic mass is 16.6. The number of ketones is 1. The Balaban J connectivity index is 0.00000544. The molecule has 0 aromatic carbocycles. The van der Waals surface area contributed by atoms with Crippen LogP contribution in [0, 0.1) is 17.3 Å². The first-order valence-electron chi connectivity index (χ1n) is 10.9. The topological polar surface area (TPSA) is 133 Å². The van der Waals surface area contributed by atoms with Gasteiger partial charge in [0.1, 0.15) is 25.4 Å². The summed E-state index contributed by atoms with van der Waals surface area (Å²) < 4.78 is 15.0. The van der Waals surface area contributed by atoms with Gasteiger partial charge in [0.15, 0.2) is 0 Å². The number of cyclic esters (lactones) is 2. The van der Waals surface area contributed by atoms with Crippen LogP contribution in [0.4, 0.5) is 0 Å². The van der Waals surface area contributed by atoms with Gasteiger partial charge in [0.05, 0.1) is 17.3 Å². The minimum atomic E-state index is -1.38. The summed E-state index contributed by atoms with van der Waals surface area (Å²) in [4.78, 5) is 74.6. The quantitative estimate of drug-likeness (QED) is 0.187. The van der Waals surface area contributed by atoms with E-state index in [1.54, 1.807) is 11.8 Å². The lowest BCUT2D eigenvalue weighted by atomic mass is 9.67. The molecule has 2 fully saturated rings. The van der Waals surface area contributed by atoms with Crippen LogP contribution < -0.4 is 0 Å². The molecule has 0 aromatic heterocycles. The van der Waals surface area contributed by atoms with Gasteiger partial charge in [0.2, 0.25) is 5.91 Å². The molecule has 10 heteroatoms. The van der Waals surface area contributed by atoms with E-state index in [0.29, 0.717) is 25.8 Å². The van der Waals surface area contributed by atoms with Crippen LogP contribution in [0.25, 0.3) is 0 Å². The molecule has 34 heavy (non-hydrogen) atoms. The molecular formula is C24H39NO9. The Kier molecular flexibility index (Phi) is 12.1. The Morgan fingerprint density at radius 2 is 1.71 bits per heavy atom. The summed E-state index contributed by atoms with van der Waals surface area (Å²) in [5.41, 5.74) is -1.38. The molecule has 10 nitrogen and oxygen atoms in total. The summed E-state index contributed by atoms with van der Waals surface area (Å²) in [5, 5.41) is 0. The molecule has 0 spiro atoms. The lowest BCUT2D eigenvalue weighted by Gasteiger charge is -2.37. The maximum atomic E-state index is 13.0. The average Bonchev–Trinajstić information content (AvgIpc) is 3.27. The first-order chi connectivity index (χ1) is 15.1. The van der Waals surface area contributed by atoms with Gasteiger partial charge in [-0.05, 0) is 33.1 Å². The molecule has 0 aliphatic carbocycles. The molecule has 4 unspecified atom stereocenters. The minimum absolute atomic E-state index is 0. The fraction of sp³-hybridized carbons (Fsp3) is 0.750. The first-order valence-corrected chi connectivity index (χ1v) is 10.9. The van der Waals surface area contributed by atoms with Crippen molar-refractivity contribution in [2.24, 2.45) is 17.3 Å². The van der Waals surface area contributed by atoms with E-state index in [9.17, 15) is 28.8 Å². The second-order valence-electron chi connectivity index (χ2n) is 8.42. The van der Waals surface area contributed by atoms with Gasteiger partial charge in [-0.2, -0.15) is 0 Å². The number of nitrogens with zero attached hydrogens (tertiary/aromatic N) is 1. The van der Waals surface area contributed by atoms with Crippen LogP contribution in [0.15, 0.2) is 0 Å². The predicted octanol–water partition coefficient (Wildman–Crippen LogP) is 2.46. The largest absolute Gasteiger partial charge is 0.462 e. The van der Waals surface area contributed by atoms with Gasteiger partial charge in [-0.1, -0.05) is 28.7 Å². The van der Waals surface area contributed by atoms with Gasteiger partial charge < -0.3 is 19.1 Å². The Hall–Kier alpha value is -2.78. The van der Waals surface area contributed by atoms with E-state index in [0.717, 1.165) is 0 Å². The van der Waals surface area contributed by atoms with Gasteiger partial charge >= 0.3 is 23.9 Å². The fourth-order valence-corrected chi connectivity index (χ4v) is 4.44. The number of likely N-dealkylation sites (tertiary alicyclic amines) is 1. The lowest BCUT2D eigenvalue weighted by Crippen LogP contribution is -2.51. The first kappa shape index (κ1) is 31.2. The van der Waals surface area contributed by atoms with Crippen molar-refractivity contribution < 1.29 is 43.0 Å². The third-order valence-electron chi connectivity index (χ3n) is 6.29. The summed E-state index contributed by atoms with van der Waals surface area (Å²) >= 11 is 0. The normalized spacial score (nSPS) is 22.1. The van der Waals surface area contributed by atoms with Gasteiger partial charge in [-0.25, -0.2) is 0 Å². The van der Waals surface area contributed by atoms with Crippen LogP contribution >= 0.6 is 0 Å². The standard InChI is InChI=1S/C22H31NO9.2CH4/c1-5-14(23-9-7-8-15(23)25)17-18(20(28)32-19(17)27)22(4,6-2)21(29)31-11-10-30-16(26)12-13(3)24;;/h14,17-18H,5-12H2,1-4H3;2*1H4. The Bertz CT molecular complexity index is 793. The number of hydrogen-bond acceptors (Lipinski definition) is 9. The number of esters is 4. The van der Waals surface area contributed by atoms with Crippen LogP contribution in [-0.2, 0) is 43.0 Å². The summed E-state index contributed by atoms with van der Waals surface area (Å²) in [7, 11) is 0. The number of ether oxygens (including phenoxy) is 3. The van der Waals surface area contributed by atoms with Gasteiger partial charge in [-0.15, -0.1) is 0 Å². The molecule has 2 saturated heterocycles. The smallest absolute Gasteiger partial charge is 0.319 e. The fourth-order valence-electron chi connectivity index (χ4n) is 4.44. The van der Waals surface area contributed by atoms with Crippen molar-refractivity contribution in [1.82, 2.24) is 4.90 Å². The zero-order valence-electron chi connectivity index (χ0n) is 19.0. The third-order valence-corrected chi connectivity index (χ3v) is 6.29. The molecule has 4 atom stereocenters. The monoisotopic (exact) mass is 485 g/mol. The van der Waals surface area contributed by atoms with Crippen molar-refractivity contribution in [3.8, 4) is 0 Å². The van der Waals surface area contributed by atoms with Crippen LogP contribution in [-0.4, -0.2) is 66.3 Å². The number of hydrogen-bond donors (Lipinski definition) is 0. The molecule has 2 aliphatic rings. The van der Waals surface area contributed by atoms with E-state index in [1.165, 1.54) is 13.8 Å². The van der Waals surface area contributed by atoms with Crippen LogP contribution in [0.3, 0.4) is 0 Å². The van der Waals surface area contributed by atoms with Gasteiger partial charge in [0, 0.05) is 19.0 Å². The summed E-state index contributed by atoms with van der Waals surface area (Å²) in [6.45, 7) is 6.29. The summed E-state index contributed by atoms with van der Waals surface area (Å²) in [6.07, 6.45) is 1.30. The number of Topliss-reactive ketones (excluding diaryl/α,β-unsaturated/α-hetero) is 1. The zero-order chi connectivity index (χ0) is 24.1. The van der Waals surface area contributed by atoms with Gasteiger partial charge in [-0.3, -0.25) is 28.8 Å². The number of carbonyl (C=O) groups excluding carboxylic acids is 6. The van der Waals surface area contributed by atoms with Crippen molar-refractivity contribution in [2.75, 3.05) is 19.8 Å². The highest BCUT2D eigenvalue weighted by molar-refractivity contribution is 6.00. The molecule has 0 saturated carbocycles. The molecular weight excluding hydrogens is 446 g/mol. The molecule has 0 N–H and O–H groups in total. The minimum Gasteiger partial charge on any atom is -0.462 e. The Morgan fingerprint density at radius 1 is 1.09 bits per heavy atom. The Labute approximate surface area is 201 Å². The molecule has 1 amide bonds. The highest BCUT2D eigenvalue weighted by Gasteiger charge is 2.60. The van der Waals surface area contributed by atoms with Crippen molar-refractivity contribution >= 4 is 35.6 Å². The maximum Gasteiger partial charge on any atom is 0.319 e. The number of carbonyl (C=O) groups is 6. The third kappa shape index (κ3) is 6.64. The SMILES string of the molecule is C.C.CCC(C1C(=O)OC(=O)C1C(C)(CC)C(=O)OCCOC(=O)CC(C)=O)N1CCCC1=O. The van der Waals surface area contributed by atoms with E-state index in [1.807, 2.05) is 6.92 Å². The Morgan fingerprint density at radius 3 is 2.21 bits per heavy atom. The van der Waals surface area contributed by atoms with Crippen molar-refractivity contribution in [1.29, 1.82) is 0 Å². The average molecular weight is 486 g/mol. The van der Waals surface area contributed by atoms with E-state index < -0.39 is 47.2 Å². The van der Waals surface area contributed by atoms with E-state index >= 15 is 0 Å². The van der Waals surface area contributed by atoms with Gasteiger partial charge in [0.25, 0.3) is 0 Å². The predicted molar refractivity (Wildman–Crippen MR) is 122 cm³/mol. The molecule has 0 bridgehead atoms. The molecule has 194 valence electrons. The number of amides is 1. The van der Waals surface area contributed by atoms with Crippen molar-refractivity contribution in [3.63, 3.8) is 0 Å². The number of rotatable bonds is 11. The van der Waals surface area contributed by atoms with Crippen LogP contribution in [0.1, 0.15) is 74.7 Å². The van der Waals surface area contributed by atoms with Crippen LogP contribution in [0.2, 0.25) is 0 Å².